The van der Waals surface area contributed by atoms with Crippen LogP contribution in [0.3, 0.4) is 0 Å². The highest BCUT2D eigenvalue weighted by Gasteiger charge is 2.22. The molecule has 7 heteroatoms. The second-order valence-electron chi connectivity index (χ2n) is 7.02. The van der Waals surface area contributed by atoms with Crippen LogP contribution in [0.1, 0.15) is 17.5 Å². The van der Waals surface area contributed by atoms with Gasteiger partial charge in [0.1, 0.15) is 5.82 Å². The number of aryl methyl sites for hydroxylation is 1. The van der Waals surface area contributed by atoms with Crippen molar-refractivity contribution in [2.75, 3.05) is 38.0 Å². The third-order valence-electron chi connectivity index (χ3n) is 4.93. The molecule has 3 rings (SSSR count). The van der Waals surface area contributed by atoms with Crippen molar-refractivity contribution in [2.24, 2.45) is 0 Å². The zero-order chi connectivity index (χ0) is 20.6. The summed E-state index contributed by atoms with van der Waals surface area (Å²) in [4.78, 5) is 28.4. The van der Waals surface area contributed by atoms with E-state index in [1.54, 1.807) is 12.1 Å². The Morgan fingerprint density at radius 2 is 1.66 bits per heavy atom. The van der Waals surface area contributed by atoms with Gasteiger partial charge in [-0.15, -0.1) is 0 Å². The Kier molecular flexibility index (Phi) is 6.93. The number of nitrogens with one attached hydrogen (secondary N) is 1. The fourth-order valence-corrected chi connectivity index (χ4v) is 3.25. The Morgan fingerprint density at radius 1 is 1.00 bits per heavy atom. The smallest absolute Gasteiger partial charge is 0.238 e. The first kappa shape index (κ1) is 20.5. The van der Waals surface area contributed by atoms with Gasteiger partial charge in [-0.2, -0.15) is 5.26 Å². The lowest BCUT2D eigenvalue weighted by molar-refractivity contribution is -0.133. The molecule has 1 aliphatic rings. The maximum atomic E-state index is 12.9. The number of carbonyl (C=O) groups excluding carboxylic acids is 2. The van der Waals surface area contributed by atoms with Gasteiger partial charge in [-0.3, -0.25) is 14.5 Å². The van der Waals surface area contributed by atoms with Crippen LogP contribution in [0.2, 0.25) is 0 Å². The van der Waals surface area contributed by atoms with E-state index >= 15 is 0 Å². The van der Waals surface area contributed by atoms with E-state index in [1.807, 2.05) is 21.9 Å². The normalized spacial score (nSPS) is 14.3. The van der Waals surface area contributed by atoms with E-state index in [0.717, 1.165) is 5.56 Å². The minimum atomic E-state index is -0.344. The Bertz CT molecular complexity index is 883. The van der Waals surface area contributed by atoms with Crippen molar-refractivity contribution in [3.63, 3.8) is 0 Å². The lowest BCUT2D eigenvalue weighted by Crippen LogP contribution is -2.50. The van der Waals surface area contributed by atoms with E-state index in [-0.39, 0.29) is 24.2 Å². The zero-order valence-corrected chi connectivity index (χ0v) is 16.1. The number of nitriles is 1. The molecule has 1 N–H and O–H groups in total. The van der Waals surface area contributed by atoms with E-state index < -0.39 is 0 Å². The Morgan fingerprint density at radius 3 is 2.28 bits per heavy atom. The largest absolute Gasteiger partial charge is 0.340 e. The monoisotopic (exact) mass is 394 g/mol. The van der Waals surface area contributed by atoms with Crippen molar-refractivity contribution in [3.05, 3.63) is 65.5 Å². The number of rotatable bonds is 6. The molecule has 6 nitrogen and oxygen atoms in total. The number of hydrogen-bond donors (Lipinski definition) is 1. The van der Waals surface area contributed by atoms with Crippen LogP contribution in [-0.4, -0.2) is 54.3 Å². The quantitative estimate of drug-likeness (QED) is 0.816. The van der Waals surface area contributed by atoms with Crippen molar-refractivity contribution < 1.29 is 14.0 Å². The van der Waals surface area contributed by atoms with Gasteiger partial charge in [-0.05, 0) is 48.4 Å². The van der Waals surface area contributed by atoms with E-state index in [4.69, 9.17) is 5.26 Å². The summed E-state index contributed by atoms with van der Waals surface area (Å²) < 4.78 is 12.9. The summed E-state index contributed by atoms with van der Waals surface area (Å²) in [6.45, 7) is 2.70. The summed E-state index contributed by atoms with van der Waals surface area (Å²) in [6.07, 6.45) is 1.07. The van der Waals surface area contributed by atoms with Gasteiger partial charge in [-0.1, -0.05) is 12.1 Å². The lowest BCUT2D eigenvalue weighted by Gasteiger charge is -2.34. The molecule has 2 aromatic carbocycles. The average Bonchev–Trinajstić information content (AvgIpc) is 2.74. The number of nitrogens with zero attached hydrogens (tertiary/aromatic N) is 3. The molecule has 0 bridgehead atoms. The highest BCUT2D eigenvalue weighted by molar-refractivity contribution is 5.92. The summed E-state index contributed by atoms with van der Waals surface area (Å²) in [5.74, 6) is -0.398. The van der Waals surface area contributed by atoms with Gasteiger partial charge in [0.2, 0.25) is 11.8 Å². The SMILES string of the molecule is N#Cc1ccc(CCC(=O)N2CCN(CC(=O)Nc3ccc(F)cc3)CC2)cc1. The third kappa shape index (κ3) is 6.13. The fraction of sp³-hybridized carbons (Fsp3) is 0.318. The van der Waals surface area contributed by atoms with Crippen LogP contribution in [0.5, 0.6) is 0 Å². The van der Waals surface area contributed by atoms with Gasteiger partial charge in [0, 0.05) is 38.3 Å². The first-order valence-corrected chi connectivity index (χ1v) is 9.58. The average molecular weight is 394 g/mol. The number of anilines is 1. The molecular weight excluding hydrogens is 371 g/mol. The highest BCUT2D eigenvalue weighted by Crippen LogP contribution is 2.11. The predicted molar refractivity (Wildman–Crippen MR) is 108 cm³/mol. The number of hydrogen-bond acceptors (Lipinski definition) is 4. The topological polar surface area (TPSA) is 76.4 Å². The van der Waals surface area contributed by atoms with Crippen LogP contribution < -0.4 is 5.32 Å². The molecule has 1 heterocycles. The molecule has 1 aliphatic heterocycles. The second kappa shape index (κ2) is 9.80. The molecule has 0 aromatic heterocycles. The standard InChI is InChI=1S/C22H23FN4O2/c23-19-6-8-20(9-7-19)25-21(28)16-26-11-13-27(14-12-26)22(29)10-5-17-1-3-18(15-24)4-2-17/h1-4,6-9H,5,10-14,16H2,(H,25,28). The molecule has 2 amide bonds. The molecule has 29 heavy (non-hydrogen) atoms. The van der Waals surface area contributed by atoms with Crippen LogP contribution in [0, 0.1) is 17.1 Å². The number of piperazine rings is 1. The van der Waals surface area contributed by atoms with Gasteiger partial charge >= 0.3 is 0 Å². The van der Waals surface area contributed by atoms with Gasteiger partial charge in [0.25, 0.3) is 0 Å². The number of halogens is 1. The van der Waals surface area contributed by atoms with Crippen molar-refractivity contribution in [1.82, 2.24) is 9.80 Å². The molecule has 0 saturated carbocycles. The van der Waals surface area contributed by atoms with Crippen molar-refractivity contribution >= 4 is 17.5 Å². The molecule has 150 valence electrons. The van der Waals surface area contributed by atoms with Crippen LogP contribution in [0.15, 0.2) is 48.5 Å². The van der Waals surface area contributed by atoms with Crippen LogP contribution >= 0.6 is 0 Å². The van der Waals surface area contributed by atoms with Gasteiger partial charge in [0.15, 0.2) is 0 Å². The van der Waals surface area contributed by atoms with E-state index in [9.17, 15) is 14.0 Å². The minimum Gasteiger partial charge on any atom is -0.340 e. The molecular formula is C22H23FN4O2. The van der Waals surface area contributed by atoms with Gasteiger partial charge < -0.3 is 10.2 Å². The Labute approximate surface area is 169 Å². The van der Waals surface area contributed by atoms with E-state index in [1.165, 1.54) is 24.3 Å². The number of carbonyl (C=O) groups is 2. The van der Waals surface area contributed by atoms with Gasteiger partial charge in [-0.25, -0.2) is 4.39 Å². The molecule has 1 fully saturated rings. The minimum absolute atomic E-state index is 0.102. The first-order chi connectivity index (χ1) is 14.0. The first-order valence-electron chi connectivity index (χ1n) is 9.58. The molecule has 2 aromatic rings. The summed E-state index contributed by atoms with van der Waals surface area (Å²) in [7, 11) is 0. The lowest BCUT2D eigenvalue weighted by atomic mass is 10.1. The predicted octanol–water partition coefficient (Wildman–Crippen LogP) is 2.41. The summed E-state index contributed by atoms with van der Waals surface area (Å²) >= 11 is 0. The summed E-state index contributed by atoms with van der Waals surface area (Å²) in [5.41, 5.74) is 2.21. The highest BCUT2D eigenvalue weighted by atomic mass is 19.1. The summed E-state index contributed by atoms with van der Waals surface area (Å²) in [6, 6.07) is 15.0. The van der Waals surface area contributed by atoms with Crippen LogP contribution in [0.25, 0.3) is 0 Å². The van der Waals surface area contributed by atoms with Crippen LogP contribution in [-0.2, 0) is 16.0 Å². The van der Waals surface area contributed by atoms with Crippen molar-refractivity contribution in [3.8, 4) is 6.07 Å². The van der Waals surface area contributed by atoms with E-state index in [0.29, 0.717) is 50.3 Å². The molecule has 0 spiro atoms. The molecule has 1 saturated heterocycles. The van der Waals surface area contributed by atoms with Gasteiger partial charge in [0.05, 0.1) is 18.2 Å². The molecule has 0 unspecified atom stereocenters. The van der Waals surface area contributed by atoms with Crippen molar-refractivity contribution in [1.29, 1.82) is 5.26 Å². The molecule has 0 aliphatic carbocycles. The maximum absolute atomic E-state index is 12.9. The molecule has 0 atom stereocenters. The zero-order valence-electron chi connectivity index (χ0n) is 16.1. The molecule has 0 radical (unpaired) electrons. The Hall–Kier alpha value is -3.24. The van der Waals surface area contributed by atoms with Crippen LogP contribution in [0.4, 0.5) is 10.1 Å². The third-order valence-corrected chi connectivity index (χ3v) is 4.93. The van der Waals surface area contributed by atoms with Crippen molar-refractivity contribution in [2.45, 2.75) is 12.8 Å². The number of amides is 2. The summed E-state index contributed by atoms with van der Waals surface area (Å²) in [5, 5.41) is 11.6. The Balaban J connectivity index is 1.38. The number of benzene rings is 2. The maximum Gasteiger partial charge on any atom is 0.238 e. The van der Waals surface area contributed by atoms with E-state index in [2.05, 4.69) is 11.4 Å². The second-order valence-corrected chi connectivity index (χ2v) is 7.02. The fourth-order valence-electron chi connectivity index (χ4n) is 3.25.